The fraction of sp³-hybridized carbons (Fsp3) is 0.381. The molecule has 1 unspecified atom stereocenters. The van der Waals surface area contributed by atoms with E-state index in [1.165, 1.54) is 5.56 Å². The molecule has 0 radical (unpaired) electrons. The van der Waals surface area contributed by atoms with Crippen LogP contribution in [0, 0.1) is 13.8 Å². The Bertz CT molecular complexity index is 777. The second-order valence-corrected chi connectivity index (χ2v) is 8.50. The van der Waals surface area contributed by atoms with Crippen molar-refractivity contribution in [2.45, 2.75) is 40.0 Å². The predicted octanol–water partition coefficient (Wildman–Crippen LogP) is 1.88. The van der Waals surface area contributed by atoms with Gasteiger partial charge in [-0.1, -0.05) is 32.9 Å². The van der Waals surface area contributed by atoms with E-state index in [1.54, 1.807) is 14.2 Å². The van der Waals surface area contributed by atoms with Gasteiger partial charge in [-0.05, 0) is 56.7 Å². The molecule has 0 aliphatic carbocycles. The Morgan fingerprint density at radius 3 is 2.04 bits per heavy atom. The Hall–Kier alpha value is -1.26. The van der Waals surface area contributed by atoms with Crippen molar-refractivity contribution in [3.63, 3.8) is 0 Å². The van der Waals surface area contributed by atoms with E-state index >= 15 is 0 Å². The number of benzene rings is 2. The van der Waals surface area contributed by atoms with Crippen molar-refractivity contribution in [1.29, 1.82) is 0 Å². The first kappa shape index (κ1) is 22.8. The number of carbonyl (C=O) groups is 1. The third-order valence-electron chi connectivity index (χ3n) is 4.28. The van der Waals surface area contributed by atoms with Gasteiger partial charge in [-0.15, -0.1) is 0 Å². The summed E-state index contributed by atoms with van der Waals surface area (Å²) in [4.78, 5) is 13.0. The molecule has 0 amide bonds. The smallest absolute Gasteiger partial charge is 1.00 e. The first-order valence-corrected chi connectivity index (χ1v) is 9.32. The van der Waals surface area contributed by atoms with Crippen LogP contribution in [0.5, 0.6) is 11.5 Å². The molecular weight excluding hydrogens is 338 g/mol. The van der Waals surface area contributed by atoms with Gasteiger partial charge in [0.1, 0.15) is 11.5 Å². The van der Waals surface area contributed by atoms with E-state index in [-0.39, 0.29) is 39.8 Å². The Morgan fingerprint density at radius 1 is 1.00 bits per heavy atom. The van der Waals surface area contributed by atoms with E-state index in [0.717, 1.165) is 27.7 Å². The molecule has 0 aliphatic heterocycles. The molecule has 0 aromatic heterocycles. The molecule has 2 rings (SSSR count). The van der Waals surface area contributed by atoms with Gasteiger partial charge < -0.3 is 10.9 Å². The minimum absolute atomic E-state index is 0. The molecule has 0 saturated carbocycles. The summed E-state index contributed by atoms with van der Waals surface area (Å²) in [5, 5.41) is 0.895. The van der Waals surface area contributed by atoms with Gasteiger partial charge in [-0.25, -0.2) is 0 Å². The van der Waals surface area contributed by atoms with Gasteiger partial charge in [0.05, 0.1) is 14.2 Å². The van der Waals surface area contributed by atoms with Crippen molar-refractivity contribution in [3.8, 4) is 11.5 Å². The number of hydrogen-bond donors (Lipinski definition) is 0. The Balaban J connectivity index is 0.00000338. The van der Waals surface area contributed by atoms with Crippen LogP contribution in [0.1, 0.15) is 49.2 Å². The molecule has 3 nitrogen and oxygen atoms in total. The largest absolute Gasteiger partial charge is 1.00 e. The van der Waals surface area contributed by atoms with Crippen molar-refractivity contribution in [3.05, 3.63) is 52.6 Å². The molecule has 2 aromatic carbocycles. The summed E-state index contributed by atoms with van der Waals surface area (Å²) < 4.78 is 10.6. The maximum Gasteiger partial charge on any atom is 1.00 e. The van der Waals surface area contributed by atoms with E-state index in [2.05, 4.69) is 32.9 Å². The molecule has 26 heavy (non-hydrogen) atoms. The minimum Gasteiger partial charge on any atom is -1.00 e. The second-order valence-electron chi connectivity index (χ2n) is 7.26. The van der Waals surface area contributed by atoms with Crippen LogP contribution in [-0.2, 0) is 5.41 Å². The molecule has 0 spiro atoms. The molecule has 5 heteroatoms. The van der Waals surface area contributed by atoms with Crippen molar-refractivity contribution < 1.29 is 34.6 Å². The number of aryl methyl sites for hydroxylation is 2. The average molecular weight is 366 g/mol. The van der Waals surface area contributed by atoms with Gasteiger partial charge in [0.2, 0.25) is 0 Å². The molecule has 0 N–H and O–H groups in total. The van der Waals surface area contributed by atoms with Gasteiger partial charge in [-0.2, -0.15) is 0 Å². The summed E-state index contributed by atoms with van der Waals surface area (Å²) >= 11 is 0. The molecular formula is C21H28LiO3P. The molecule has 1 atom stereocenters. The normalized spacial score (nSPS) is 11.3. The van der Waals surface area contributed by atoms with Crippen molar-refractivity contribution in [2.24, 2.45) is 0 Å². The van der Waals surface area contributed by atoms with Crippen LogP contribution in [0.4, 0.5) is 0 Å². The zero-order chi connectivity index (χ0) is 18.8. The Morgan fingerprint density at radius 2 is 1.58 bits per heavy atom. The van der Waals surface area contributed by atoms with E-state index in [0.29, 0.717) is 5.75 Å². The monoisotopic (exact) mass is 366 g/mol. The van der Waals surface area contributed by atoms with Crippen LogP contribution in [0.25, 0.3) is 0 Å². The first-order chi connectivity index (χ1) is 11.7. The third kappa shape index (κ3) is 5.14. The van der Waals surface area contributed by atoms with Crippen LogP contribution in [-0.4, -0.2) is 19.7 Å². The van der Waals surface area contributed by atoms with Crippen LogP contribution in [0.3, 0.4) is 0 Å². The number of ether oxygens (including phenoxy) is 2. The van der Waals surface area contributed by atoms with Gasteiger partial charge in [0.25, 0.3) is 0 Å². The maximum atomic E-state index is 13.0. The number of hydrogen-bond acceptors (Lipinski definition) is 3. The van der Waals surface area contributed by atoms with Crippen molar-refractivity contribution in [1.82, 2.24) is 0 Å². The SMILES string of the molecule is COc1ccc(PC(=O)c2c(C)cc(C(C)(C)C)cc2C)c(OC)c1.[H-].[Li+]. The molecule has 0 heterocycles. The fourth-order valence-corrected chi connectivity index (χ4v) is 4.07. The Kier molecular flexibility index (Phi) is 7.97. The first-order valence-electron chi connectivity index (χ1n) is 8.32. The summed E-state index contributed by atoms with van der Waals surface area (Å²) in [5.41, 5.74) is 4.36. The average Bonchev–Trinajstić information content (AvgIpc) is 2.53. The fourth-order valence-electron chi connectivity index (χ4n) is 2.84. The molecule has 136 valence electrons. The summed E-state index contributed by atoms with van der Waals surface area (Å²) in [7, 11) is 3.25. The maximum absolute atomic E-state index is 13.0. The van der Waals surface area contributed by atoms with E-state index in [4.69, 9.17) is 9.47 Å². The van der Waals surface area contributed by atoms with Crippen molar-refractivity contribution >= 4 is 19.4 Å². The van der Waals surface area contributed by atoms with Gasteiger partial charge in [-0.3, -0.25) is 4.79 Å². The minimum atomic E-state index is 0. The zero-order valence-electron chi connectivity index (χ0n) is 18.1. The summed E-state index contributed by atoms with van der Waals surface area (Å²) in [6.45, 7) is 10.6. The van der Waals surface area contributed by atoms with E-state index in [1.807, 2.05) is 32.0 Å². The molecule has 2 aromatic rings. The van der Waals surface area contributed by atoms with Crippen LogP contribution >= 0.6 is 8.58 Å². The second kappa shape index (κ2) is 9.09. The number of carbonyl (C=O) groups excluding carboxylic acids is 1. The van der Waals surface area contributed by atoms with Gasteiger partial charge in [0.15, 0.2) is 5.52 Å². The summed E-state index contributed by atoms with van der Waals surface area (Å²) in [5.74, 6) is 1.41. The summed E-state index contributed by atoms with van der Waals surface area (Å²) in [6, 6.07) is 9.85. The van der Waals surface area contributed by atoms with Gasteiger partial charge >= 0.3 is 18.9 Å². The van der Waals surface area contributed by atoms with Crippen LogP contribution in [0.15, 0.2) is 30.3 Å². The predicted molar refractivity (Wildman–Crippen MR) is 108 cm³/mol. The Labute approximate surface area is 172 Å². The summed E-state index contributed by atoms with van der Waals surface area (Å²) in [6.07, 6.45) is 0. The van der Waals surface area contributed by atoms with E-state index in [9.17, 15) is 4.79 Å². The molecule has 0 saturated heterocycles. The van der Waals surface area contributed by atoms with Crippen LogP contribution in [0.2, 0.25) is 0 Å². The topological polar surface area (TPSA) is 35.5 Å². The molecule has 0 fully saturated rings. The number of rotatable bonds is 5. The van der Waals surface area contributed by atoms with Gasteiger partial charge in [0, 0.05) is 16.9 Å². The molecule has 0 bridgehead atoms. The zero-order valence-corrected chi connectivity index (χ0v) is 18.1. The standard InChI is InChI=1S/C21H27O3P.Li.H/c1-13-10-15(21(3,4)5)11-14(2)19(13)20(22)25-18-9-8-16(23-6)12-17(18)24-7;;/h8-12,25H,1-7H3;;/q;+1;-1. The molecule has 0 aliphatic rings. The van der Waals surface area contributed by atoms with Crippen LogP contribution < -0.4 is 33.6 Å². The number of methoxy groups -OCH3 is 2. The van der Waals surface area contributed by atoms with Crippen molar-refractivity contribution in [2.75, 3.05) is 14.2 Å². The quantitative estimate of drug-likeness (QED) is 0.599. The van der Waals surface area contributed by atoms with E-state index < -0.39 is 0 Å². The third-order valence-corrected chi connectivity index (χ3v) is 5.44.